The van der Waals surface area contributed by atoms with Crippen molar-refractivity contribution in [1.29, 1.82) is 0 Å². The summed E-state index contributed by atoms with van der Waals surface area (Å²) in [6.07, 6.45) is 0.330. The van der Waals surface area contributed by atoms with Crippen LogP contribution in [0.25, 0.3) is 0 Å². The Hall–Kier alpha value is -3.29. The number of nitrogens with one attached hydrogen (secondary N) is 2. The highest BCUT2D eigenvalue weighted by molar-refractivity contribution is 5.95. The fraction of sp³-hybridized carbons (Fsp3) is 0.176. The second kappa shape index (κ2) is 7.52. The van der Waals surface area contributed by atoms with E-state index in [0.717, 1.165) is 5.56 Å². The first-order valence-electron chi connectivity index (χ1n) is 7.59. The number of amides is 1. The van der Waals surface area contributed by atoms with Crippen LogP contribution in [0, 0.1) is 5.82 Å². The highest BCUT2D eigenvalue weighted by atomic mass is 19.1. The molecular weight excluding hydrogens is 325 g/mol. The van der Waals surface area contributed by atoms with Gasteiger partial charge in [-0.3, -0.25) is 4.79 Å². The van der Waals surface area contributed by atoms with Gasteiger partial charge >= 0.3 is 0 Å². The number of rotatable bonds is 6. The first-order valence-corrected chi connectivity index (χ1v) is 7.59. The molecular formula is C17H16FN5O2. The van der Waals surface area contributed by atoms with Gasteiger partial charge in [0.05, 0.1) is 7.11 Å². The van der Waals surface area contributed by atoms with Crippen molar-refractivity contribution in [2.24, 2.45) is 0 Å². The molecule has 8 heteroatoms. The summed E-state index contributed by atoms with van der Waals surface area (Å²) in [6, 6.07) is 12.9. The Labute approximate surface area is 143 Å². The average molecular weight is 341 g/mol. The number of aromatic nitrogens is 4. The van der Waals surface area contributed by atoms with Crippen molar-refractivity contribution in [3.8, 4) is 5.75 Å². The van der Waals surface area contributed by atoms with E-state index in [0.29, 0.717) is 17.9 Å². The molecule has 128 valence electrons. The standard InChI is InChI=1S/C17H16FN5O2/c1-25-15-5-3-2-4-11(15)10-14(16-20-22-23-21-16)17(24)19-13-8-6-12(18)7-9-13/h2-9,14H,10H2,1H3,(H,19,24)(H,20,21,22,23)/t14-/m1/s1. The number of halogens is 1. The average Bonchev–Trinajstić information content (AvgIpc) is 3.16. The molecule has 3 aromatic rings. The first-order chi connectivity index (χ1) is 12.2. The number of methoxy groups -OCH3 is 1. The molecule has 0 radical (unpaired) electrons. The number of hydrogen-bond acceptors (Lipinski definition) is 5. The number of nitrogens with zero attached hydrogens (tertiary/aromatic N) is 3. The van der Waals surface area contributed by atoms with Crippen molar-refractivity contribution < 1.29 is 13.9 Å². The summed E-state index contributed by atoms with van der Waals surface area (Å²) in [7, 11) is 1.57. The van der Waals surface area contributed by atoms with Crippen molar-refractivity contribution in [2.75, 3.05) is 12.4 Å². The predicted octanol–water partition coefficient (Wildman–Crippen LogP) is 2.31. The van der Waals surface area contributed by atoms with E-state index >= 15 is 0 Å². The molecule has 1 amide bonds. The highest BCUT2D eigenvalue weighted by Gasteiger charge is 2.26. The molecule has 0 fully saturated rings. The maximum absolute atomic E-state index is 13.0. The lowest BCUT2D eigenvalue weighted by Crippen LogP contribution is -2.24. The summed E-state index contributed by atoms with van der Waals surface area (Å²) < 4.78 is 18.4. The van der Waals surface area contributed by atoms with E-state index in [9.17, 15) is 9.18 Å². The van der Waals surface area contributed by atoms with Gasteiger partial charge in [0.25, 0.3) is 0 Å². The lowest BCUT2D eigenvalue weighted by molar-refractivity contribution is -0.117. The topological polar surface area (TPSA) is 92.8 Å². The Balaban J connectivity index is 1.84. The maximum atomic E-state index is 13.0. The molecule has 0 bridgehead atoms. The highest BCUT2D eigenvalue weighted by Crippen LogP contribution is 2.26. The molecule has 0 aliphatic heterocycles. The van der Waals surface area contributed by atoms with E-state index in [1.165, 1.54) is 24.3 Å². The minimum Gasteiger partial charge on any atom is -0.496 e. The SMILES string of the molecule is COc1ccccc1C[C@@H](C(=O)Nc1ccc(F)cc1)c1nn[nH]n1. The predicted molar refractivity (Wildman–Crippen MR) is 88.6 cm³/mol. The summed E-state index contributed by atoms with van der Waals surface area (Å²) in [5, 5.41) is 16.5. The molecule has 0 aliphatic carbocycles. The first kappa shape index (κ1) is 16.6. The molecule has 1 aromatic heterocycles. The van der Waals surface area contributed by atoms with Crippen LogP contribution in [-0.4, -0.2) is 33.6 Å². The summed E-state index contributed by atoms with van der Waals surface area (Å²) in [6.45, 7) is 0. The second-order valence-electron chi connectivity index (χ2n) is 5.33. The minimum absolute atomic E-state index is 0.269. The van der Waals surface area contributed by atoms with Crippen molar-refractivity contribution >= 4 is 11.6 Å². The summed E-state index contributed by atoms with van der Waals surface area (Å²) in [4.78, 5) is 12.7. The van der Waals surface area contributed by atoms with Crippen LogP contribution in [0.3, 0.4) is 0 Å². The Kier molecular flexibility index (Phi) is 4.98. The molecule has 3 rings (SSSR count). The van der Waals surface area contributed by atoms with Gasteiger partial charge in [0, 0.05) is 5.69 Å². The smallest absolute Gasteiger partial charge is 0.235 e. The van der Waals surface area contributed by atoms with E-state index < -0.39 is 5.92 Å². The lowest BCUT2D eigenvalue weighted by Gasteiger charge is -2.15. The summed E-state index contributed by atoms with van der Waals surface area (Å²) in [5.74, 6) is -0.433. The van der Waals surface area contributed by atoms with Gasteiger partial charge in [0.1, 0.15) is 17.5 Å². The molecule has 25 heavy (non-hydrogen) atoms. The van der Waals surface area contributed by atoms with E-state index in [-0.39, 0.29) is 17.5 Å². The molecule has 0 saturated heterocycles. The Morgan fingerprint density at radius 2 is 2.00 bits per heavy atom. The van der Waals surface area contributed by atoms with E-state index in [1.807, 2.05) is 24.3 Å². The summed E-state index contributed by atoms with van der Waals surface area (Å²) in [5.41, 5.74) is 1.33. The van der Waals surface area contributed by atoms with E-state index in [4.69, 9.17) is 4.74 Å². The third kappa shape index (κ3) is 3.97. The molecule has 0 unspecified atom stereocenters. The van der Waals surface area contributed by atoms with Crippen LogP contribution in [0.15, 0.2) is 48.5 Å². The van der Waals surface area contributed by atoms with Crippen LogP contribution in [0.1, 0.15) is 17.3 Å². The van der Waals surface area contributed by atoms with E-state index in [1.54, 1.807) is 7.11 Å². The van der Waals surface area contributed by atoms with Crippen LogP contribution in [0.4, 0.5) is 10.1 Å². The van der Waals surface area contributed by atoms with Gasteiger partial charge in [-0.05, 0) is 42.3 Å². The van der Waals surface area contributed by atoms with Crippen molar-refractivity contribution in [3.63, 3.8) is 0 Å². The number of anilines is 1. The molecule has 0 aliphatic rings. The lowest BCUT2D eigenvalue weighted by atomic mass is 9.97. The molecule has 1 heterocycles. The van der Waals surface area contributed by atoms with Crippen molar-refractivity contribution in [2.45, 2.75) is 12.3 Å². The number of tetrazole rings is 1. The zero-order chi connectivity index (χ0) is 17.6. The zero-order valence-electron chi connectivity index (χ0n) is 13.4. The molecule has 2 N–H and O–H groups in total. The van der Waals surface area contributed by atoms with E-state index in [2.05, 4.69) is 25.9 Å². The van der Waals surface area contributed by atoms with Gasteiger partial charge in [-0.25, -0.2) is 4.39 Å². The van der Waals surface area contributed by atoms with Gasteiger partial charge in [0.15, 0.2) is 5.82 Å². The van der Waals surface area contributed by atoms with Crippen molar-refractivity contribution in [3.05, 3.63) is 65.7 Å². The van der Waals surface area contributed by atoms with Crippen LogP contribution in [0.2, 0.25) is 0 Å². The number of ether oxygens (including phenoxy) is 1. The molecule has 7 nitrogen and oxygen atoms in total. The van der Waals surface area contributed by atoms with Crippen LogP contribution < -0.4 is 10.1 Å². The number of aromatic amines is 1. The molecule has 1 atom stereocenters. The molecule has 0 spiro atoms. The van der Waals surface area contributed by atoms with Crippen LogP contribution in [-0.2, 0) is 11.2 Å². The summed E-state index contributed by atoms with van der Waals surface area (Å²) >= 11 is 0. The zero-order valence-corrected chi connectivity index (χ0v) is 13.4. The van der Waals surface area contributed by atoms with Crippen LogP contribution in [0.5, 0.6) is 5.75 Å². The maximum Gasteiger partial charge on any atom is 0.235 e. The second-order valence-corrected chi connectivity index (χ2v) is 5.33. The quantitative estimate of drug-likeness (QED) is 0.718. The third-order valence-corrected chi connectivity index (χ3v) is 3.72. The van der Waals surface area contributed by atoms with Gasteiger partial charge in [0.2, 0.25) is 5.91 Å². The minimum atomic E-state index is -0.680. The van der Waals surface area contributed by atoms with Gasteiger partial charge in [-0.15, -0.1) is 10.2 Å². The number of para-hydroxylation sites is 1. The third-order valence-electron chi connectivity index (χ3n) is 3.72. The normalized spacial score (nSPS) is 11.8. The van der Waals surface area contributed by atoms with Gasteiger partial charge < -0.3 is 10.1 Å². The largest absolute Gasteiger partial charge is 0.496 e. The monoisotopic (exact) mass is 341 g/mol. The Morgan fingerprint density at radius 1 is 1.24 bits per heavy atom. The van der Waals surface area contributed by atoms with Crippen molar-refractivity contribution in [1.82, 2.24) is 20.6 Å². The molecule has 2 aromatic carbocycles. The number of H-pyrrole nitrogens is 1. The number of carbonyl (C=O) groups is 1. The molecule has 0 saturated carbocycles. The number of hydrogen-bond donors (Lipinski definition) is 2. The van der Waals surface area contributed by atoms with Crippen LogP contribution >= 0.6 is 0 Å². The fourth-order valence-corrected chi connectivity index (χ4v) is 2.47. The van der Waals surface area contributed by atoms with Gasteiger partial charge in [-0.2, -0.15) is 5.21 Å². The Morgan fingerprint density at radius 3 is 2.68 bits per heavy atom. The Bertz CT molecular complexity index is 837. The van der Waals surface area contributed by atoms with Gasteiger partial charge in [-0.1, -0.05) is 23.4 Å². The number of carbonyl (C=O) groups excluding carboxylic acids is 1. The number of benzene rings is 2. The fourth-order valence-electron chi connectivity index (χ4n) is 2.47.